The van der Waals surface area contributed by atoms with Crippen molar-refractivity contribution in [2.24, 2.45) is 0 Å². The summed E-state index contributed by atoms with van der Waals surface area (Å²) in [4.78, 5) is 12.2. The van der Waals surface area contributed by atoms with Crippen LogP contribution in [0.5, 0.6) is 11.7 Å². The summed E-state index contributed by atoms with van der Waals surface area (Å²) in [5.41, 5.74) is 2.08. The van der Waals surface area contributed by atoms with Crippen molar-refractivity contribution in [3.8, 4) is 17.4 Å². The molecule has 0 aliphatic carbocycles. The molecule has 0 saturated heterocycles. The first-order valence-corrected chi connectivity index (χ1v) is 7.18. The minimum absolute atomic E-state index is 0.118. The second-order valence-electron chi connectivity index (χ2n) is 4.98. The second-order valence-corrected chi connectivity index (χ2v) is 4.98. The average Bonchev–Trinajstić information content (AvgIpc) is 3.06. The number of ketones is 1. The Bertz CT molecular complexity index is 865. The molecular formula is C18H14N2O4. The highest BCUT2D eigenvalue weighted by Crippen LogP contribution is 2.13. The number of carbonyl (C=O) groups excluding carboxylic acids is 1. The molecule has 0 saturated carbocycles. The van der Waals surface area contributed by atoms with Crippen molar-refractivity contribution in [2.45, 2.75) is 0 Å². The van der Waals surface area contributed by atoms with Gasteiger partial charge in [-0.25, -0.2) is 0 Å². The third-order valence-electron chi connectivity index (χ3n) is 3.41. The molecule has 0 radical (unpaired) electrons. The van der Waals surface area contributed by atoms with E-state index in [0.717, 1.165) is 11.3 Å². The Balaban J connectivity index is 1.71. The maximum absolute atomic E-state index is 12.2. The van der Waals surface area contributed by atoms with Gasteiger partial charge < -0.3 is 14.4 Å². The number of hydrogen-bond donors (Lipinski definition) is 0. The van der Waals surface area contributed by atoms with E-state index in [9.17, 15) is 9.90 Å². The molecule has 0 fully saturated rings. The van der Waals surface area contributed by atoms with Gasteiger partial charge in [0.05, 0.1) is 12.4 Å². The van der Waals surface area contributed by atoms with Crippen LogP contribution in [0.15, 0.2) is 65.3 Å². The van der Waals surface area contributed by atoms with Crippen LogP contribution in [0.25, 0.3) is 11.8 Å². The predicted octanol–water partition coefficient (Wildman–Crippen LogP) is 1.93. The van der Waals surface area contributed by atoms with Gasteiger partial charge in [-0.2, -0.15) is 0 Å². The van der Waals surface area contributed by atoms with Crippen LogP contribution in [0, 0.1) is 0 Å². The van der Waals surface area contributed by atoms with E-state index in [2.05, 4.69) is 9.79 Å². The first-order chi connectivity index (χ1) is 11.7. The molecule has 2 aromatic carbocycles. The SMILES string of the molecule is COc1ccc(/C=C/C(=O)c2ccc(-[n+]3cc([O-])on3)cc2)cc1. The summed E-state index contributed by atoms with van der Waals surface area (Å²) in [7, 11) is 1.60. The second kappa shape index (κ2) is 6.78. The molecule has 3 aromatic rings. The lowest BCUT2D eigenvalue weighted by atomic mass is 10.1. The van der Waals surface area contributed by atoms with Gasteiger partial charge in [0.2, 0.25) is 11.9 Å². The van der Waals surface area contributed by atoms with Crippen LogP contribution in [0.1, 0.15) is 15.9 Å². The van der Waals surface area contributed by atoms with E-state index in [1.165, 1.54) is 17.0 Å². The van der Waals surface area contributed by atoms with E-state index in [0.29, 0.717) is 11.3 Å². The van der Waals surface area contributed by atoms with E-state index in [1.807, 2.05) is 24.3 Å². The summed E-state index contributed by atoms with van der Waals surface area (Å²) in [6.07, 6.45) is 4.47. The Morgan fingerprint density at radius 2 is 1.88 bits per heavy atom. The van der Waals surface area contributed by atoms with Crippen LogP contribution in [0.4, 0.5) is 0 Å². The zero-order chi connectivity index (χ0) is 16.9. The van der Waals surface area contributed by atoms with Gasteiger partial charge in [-0.3, -0.25) is 4.79 Å². The molecule has 0 spiro atoms. The van der Waals surface area contributed by atoms with Gasteiger partial charge in [0.25, 0.3) is 0 Å². The number of aromatic nitrogens is 2. The van der Waals surface area contributed by atoms with Gasteiger partial charge in [-0.05, 0) is 40.6 Å². The molecule has 1 aromatic heterocycles. The Morgan fingerprint density at radius 3 is 2.46 bits per heavy atom. The molecule has 6 heteroatoms. The third kappa shape index (κ3) is 3.49. The Hall–Kier alpha value is -3.41. The fourth-order valence-corrected chi connectivity index (χ4v) is 2.11. The minimum atomic E-state index is -0.530. The van der Waals surface area contributed by atoms with Gasteiger partial charge in [-0.15, -0.1) is 0 Å². The van der Waals surface area contributed by atoms with Crippen LogP contribution in [0.2, 0.25) is 0 Å². The number of hydrogen-bond acceptors (Lipinski definition) is 5. The molecule has 0 aliphatic rings. The van der Waals surface area contributed by atoms with Crippen molar-refractivity contribution in [3.63, 3.8) is 0 Å². The number of carbonyl (C=O) groups is 1. The normalized spacial score (nSPS) is 10.9. The molecule has 0 aliphatic heterocycles. The zero-order valence-corrected chi connectivity index (χ0v) is 12.9. The molecule has 24 heavy (non-hydrogen) atoms. The Morgan fingerprint density at radius 1 is 1.17 bits per heavy atom. The lowest BCUT2D eigenvalue weighted by Crippen LogP contribution is -2.31. The quantitative estimate of drug-likeness (QED) is 0.407. The zero-order valence-electron chi connectivity index (χ0n) is 12.9. The van der Waals surface area contributed by atoms with Crippen LogP contribution >= 0.6 is 0 Å². The molecule has 0 N–H and O–H groups in total. The third-order valence-corrected chi connectivity index (χ3v) is 3.41. The smallest absolute Gasteiger partial charge is 0.239 e. The highest BCUT2D eigenvalue weighted by molar-refractivity contribution is 6.06. The summed E-state index contributed by atoms with van der Waals surface area (Å²) in [5, 5.41) is 14.5. The van der Waals surface area contributed by atoms with E-state index in [-0.39, 0.29) is 5.78 Å². The maximum atomic E-state index is 12.2. The summed E-state index contributed by atoms with van der Waals surface area (Å²) in [5.74, 6) is 0.116. The molecule has 120 valence electrons. The van der Waals surface area contributed by atoms with E-state index >= 15 is 0 Å². The fourth-order valence-electron chi connectivity index (χ4n) is 2.11. The number of nitrogens with zero attached hydrogens (tertiary/aromatic N) is 2. The van der Waals surface area contributed by atoms with E-state index in [1.54, 1.807) is 37.5 Å². The van der Waals surface area contributed by atoms with Gasteiger partial charge in [-0.1, -0.05) is 18.2 Å². The highest BCUT2D eigenvalue weighted by Gasteiger charge is 2.10. The van der Waals surface area contributed by atoms with Gasteiger partial charge >= 0.3 is 0 Å². The molecule has 0 amide bonds. The molecule has 3 rings (SSSR count). The highest BCUT2D eigenvalue weighted by atomic mass is 16.6. The molecule has 6 nitrogen and oxygen atoms in total. The summed E-state index contributed by atoms with van der Waals surface area (Å²) < 4.78 is 10.9. The number of benzene rings is 2. The fraction of sp³-hybridized carbons (Fsp3) is 0.0556. The number of rotatable bonds is 5. The van der Waals surface area contributed by atoms with E-state index < -0.39 is 5.95 Å². The summed E-state index contributed by atoms with van der Waals surface area (Å²) in [6, 6.07) is 14.1. The minimum Gasteiger partial charge on any atom is -0.539 e. The first-order valence-electron chi connectivity index (χ1n) is 7.18. The van der Waals surface area contributed by atoms with Crippen LogP contribution in [-0.2, 0) is 0 Å². The van der Waals surface area contributed by atoms with Crippen molar-refractivity contribution in [3.05, 3.63) is 71.9 Å². The Labute approximate surface area is 138 Å². The molecular weight excluding hydrogens is 308 g/mol. The predicted molar refractivity (Wildman–Crippen MR) is 83.8 cm³/mol. The topological polar surface area (TPSA) is 79.3 Å². The molecule has 0 atom stereocenters. The van der Waals surface area contributed by atoms with Gasteiger partial charge in [0, 0.05) is 17.7 Å². The van der Waals surface area contributed by atoms with Crippen molar-refractivity contribution in [1.82, 2.24) is 5.27 Å². The van der Waals surface area contributed by atoms with Crippen molar-refractivity contribution in [2.75, 3.05) is 7.11 Å². The first kappa shape index (κ1) is 15.5. The number of ether oxygens (including phenoxy) is 1. The molecule has 0 unspecified atom stereocenters. The number of methoxy groups -OCH3 is 1. The summed E-state index contributed by atoms with van der Waals surface area (Å²) in [6.45, 7) is 0. The maximum Gasteiger partial charge on any atom is 0.239 e. The monoisotopic (exact) mass is 322 g/mol. The standard InChI is InChI=1S/C18H14N2O4/c1-23-16-9-2-13(3-10-16)4-11-17(21)14-5-7-15(8-6-14)20-12-18(22)24-19-20/h2-12H,1H3/b11-4+. The van der Waals surface area contributed by atoms with Crippen LogP contribution in [-0.4, -0.2) is 18.2 Å². The molecule has 1 heterocycles. The van der Waals surface area contributed by atoms with Crippen molar-refractivity contribution in [1.29, 1.82) is 0 Å². The lowest BCUT2D eigenvalue weighted by molar-refractivity contribution is -0.670. The molecule has 0 bridgehead atoms. The van der Waals surface area contributed by atoms with Gasteiger partial charge in [0.15, 0.2) is 5.78 Å². The van der Waals surface area contributed by atoms with Crippen LogP contribution < -0.4 is 14.5 Å². The lowest BCUT2D eigenvalue weighted by Gasteiger charge is -1.99. The van der Waals surface area contributed by atoms with Crippen molar-refractivity contribution < 1.29 is 23.8 Å². The number of allylic oxidation sites excluding steroid dienone is 1. The Kier molecular flexibility index (Phi) is 4.38. The largest absolute Gasteiger partial charge is 0.539 e. The summed E-state index contributed by atoms with van der Waals surface area (Å²) >= 11 is 0. The van der Waals surface area contributed by atoms with E-state index in [4.69, 9.17) is 4.74 Å². The average molecular weight is 322 g/mol. The van der Waals surface area contributed by atoms with Gasteiger partial charge in [0.1, 0.15) is 11.7 Å². The van der Waals surface area contributed by atoms with Crippen LogP contribution in [0.3, 0.4) is 0 Å². The van der Waals surface area contributed by atoms with Crippen molar-refractivity contribution >= 4 is 11.9 Å².